The van der Waals surface area contributed by atoms with Crippen LogP contribution in [0, 0.1) is 45.8 Å². The fourth-order valence-electron chi connectivity index (χ4n) is 7.74. The average Bonchev–Trinajstić information content (AvgIpc) is 2.90. The number of rotatable bonds is 2. The third-order valence-electron chi connectivity index (χ3n) is 9.07. The minimum atomic E-state index is -0.0421. The molecule has 8 atom stereocenters. The first kappa shape index (κ1) is 16.9. The standard InChI is InChI=1S/C21H34N2O/c1-20-9-7-15(24)13-14(20)3-4-16-17-5-6-19(23-12-11-22)21(17,2)10-8-18(16)20/h14-19,23-24H,3-10,12-13H2,1-2H3/t14-,15+,16+,17+,18+,19+,20-,21-/m0/s1. The van der Waals surface area contributed by atoms with Crippen LogP contribution in [-0.2, 0) is 0 Å². The Morgan fingerprint density at radius 2 is 1.75 bits per heavy atom. The maximum Gasteiger partial charge on any atom is 0.0843 e. The van der Waals surface area contributed by atoms with Crippen molar-refractivity contribution in [3.63, 3.8) is 0 Å². The number of hydrogen-bond donors (Lipinski definition) is 2. The Balaban J connectivity index is 1.55. The van der Waals surface area contributed by atoms with Crippen molar-refractivity contribution in [2.45, 2.75) is 83.8 Å². The number of aliphatic hydroxyl groups excluding tert-OH is 1. The molecule has 0 aromatic rings. The highest BCUT2D eigenvalue weighted by Crippen LogP contribution is 2.66. The minimum absolute atomic E-state index is 0.0421. The van der Waals surface area contributed by atoms with Gasteiger partial charge in [-0.05, 0) is 92.3 Å². The lowest BCUT2D eigenvalue weighted by atomic mass is 9.45. The van der Waals surface area contributed by atoms with Gasteiger partial charge in [-0.15, -0.1) is 0 Å². The topological polar surface area (TPSA) is 56.0 Å². The van der Waals surface area contributed by atoms with Crippen molar-refractivity contribution in [1.29, 1.82) is 5.26 Å². The molecule has 4 saturated carbocycles. The molecule has 4 aliphatic carbocycles. The molecular formula is C21H34N2O. The van der Waals surface area contributed by atoms with E-state index in [0.29, 0.717) is 23.4 Å². The van der Waals surface area contributed by atoms with E-state index in [-0.39, 0.29) is 6.10 Å². The van der Waals surface area contributed by atoms with Crippen LogP contribution in [0.4, 0.5) is 0 Å². The monoisotopic (exact) mass is 330 g/mol. The molecule has 0 heterocycles. The third-order valence-corrected chi connectivity index (χ3v) is 9.07. The maximum atomic E-state index is 10.1. The van der Waals surface area contributed by atoms with Crippen molar-refractivity contribution in [1.82, 2.24) is 5.32 Å². The number of nitriles is 1. The van der Waals surface area contributed by atoms with Gasteiger partial charge < -0.3 is 10.4 Å². The molecule has 3 nitrogen and oxygen atoms in total. The molecule has 0 amide bonds. The first-order valence-corrected chi connectivity index (χ1v) is 10.3. The van der Waals surface area contributed by atoms with Crippen molar-refractivity contribution >= 4 is 0 Å². The molecule has 0 spiro atoms. The van der Waals surface area contributed by atoms with E-state index in [2.05, 4.69) is 25.2 Å². The third kappa shape index (κ3) is 2.36. The molecule has 0 radical (unpaired) electrons. The molecule has 0 saturated heterocycles. The fraction of sp³-hybridized carbons (Fsp3) is 0.952. The van der Waals surface area contributed by atoms with Crippen LogP contribution >= 0.6 is 0 Å². The largest absolute Gasteiger partial charge is 0.393 e. The van der Waals surface area contributed by atoms with Gasteiger partial charge in [0.05, 0.1) is 18.7 Å². The fourth-order valence-corrected chi connectivity index (χ4v) is 7.74. The summed E-state index contributed by atoms with van der Waals surface area (Å²) in [5, 5.41) is 22.6. The number of hydrogen-bond acceptors (Lipinski definition) is 3. The number of nitrogens with one attached hydrogen (secondary N) is 1. The quantitative estimate of drug-likeness (QED) is 0.756. The van der Waals surface area contributed by atoms with Crippen LogP contribution < -0.4 is 5.32 Å². The molecule has 0 bridgehead atoms. The van der Waals surface area contributed by atoms with Crippen molar-refractivity contribution in [2.75, 3.05) is 6.54 Å². The average molecular weight is 331 g/mol. The van der Waals surface area contributed by atoms with Gasteiger partial charge in [-0.1, -0.05) is 13.8 Å². The van der Waals surface area contributed by atoms with E-state index < -0.39 is 0 Å². The Hall–Kier alpha value is -0.590. The first-order chi connectivity index (χ1) is 11.5. The molecule has 4 rings (SSSR count). The molecule has 4 aliphatic rings. The van der Waals surface area contributed by atoms with E-state index in [1.165, 1.54) is 44.9 Å². The normalized spacial score (nSPS) is 53.6. The summed E-state index contributed by atoms with van der Waals surface area (Å²) in [4.78, 5) is 0. The summed E-state index contributed by atoms with van der Waals surface area (Å²) in [5.41, 5.74) is 0.872. The number of nitrogens with zero attached hydrogens (tertiary/aromatic N) is 1. The second-order valence-corrected chi connectivity index (χ2v) is 9.80. The van der Waals surface area contributed by atoms with Gasteiger partial charge in [0.25, 0.3) is 0 Å². The first-order valence-electron chi connectivity index (χ1n) is 10.3. The Labute approximate surface area is 147 Å². The molecular weight excluding hydrogens is 296 g/mol. The van der Waals surface area contributed by atoms with E-state index in [1.54, 1.807) is 0 Å². The molecule has 3 heteroatoms. The van der Waals surface area contributed by atoms with Gasteiger partial charge in [0, 0.05) is 6.04 Å². The number of fused-ring (bicyclic) bond motifs is 5. The van der Waals surface area contributed by atoms with E-state index >= 15 is 0 Å². The van der Waals surface area contributed by atoms with Gasteiger partial charge >= 0.3 is 0 Å². The van der Waals surface area contributed by atoms with Crippen LogP contribution in [0.2, 0.25) is 0 Å². The molecule has 0 aromatic carbocycles. The lowest BCUT2D eigenvalue weighted by molar-refractivity contribution is -0.123. The van der Waals surface area contributed by atoms with Crippen molar-refractivity contribution < 1.29 is 5.11 Å². The van der Waals surface area contributed by atoms with E-state index in [4.69, 9.17) is 5.26 Å². The highest BCUT2D eigenvalue weighted by atomic mass is 16.3. The highest BCUT2D eigenvalue weighted by molar-refractivity contribution is 5.11. The molecule has 4 fully saturated rings. The summed E-state index contributed by atoms with van der Waals surface area (Å²) in [6.45, 7) is 5.57. The predicted octanol–water partition coefficient (Wildman–Crippen LogP) is 3.87. The van der Waals surface area contributed by atoms with Gasteiger partial charge in [-0.25, -0.2) is 0 Å². The molecule has 0 aliphatic heterocycles. The minimum Gasteiger partial charge on any atom is -0.393 e. The van der Waals surface area contributed by atoms with E-state index in [1.807, 2.05) is 0 Å². The van der Waals surface area contributed by atoms with Crippen LogP contribution in [-0.4, -0.2) is 23.8 Å². The molecule has 0 unspecified atom stereocenters. The van der Waals surface area contributed by atoms with E-state index in [0.717, 1.165) is 36.5 Å². The van der Waals surface area contributed by atoms with Gasteiger partial charge in [0.1, 0.15) is 0 Å². The van der Waals surface area contributed by atoms with Crippen LogP contribution in [0.15, 0.2) is 0 Å². The predicted molar refractivity (Wildman–Crippen MR) is 95.1 cm³/mol. The maximum absolute atomic E-state index is 10.1. The highest BCUT2D eigenvalue weighted by Gasteiger charge is 2.59. The summed E-state index contributed by atoms with van der Waals surface area (Å²) < 4.78 is 0. The zero-order valence-corrected chi connectivity index (χ0v) is 15.4. The summed E-state index contributed by atoms with van der Waals surface area (Å²) in [5.74, 6) is 3.35. The van der Waals surface area contributed by atoms with Crippen molar-refractivity contribution in [2.24, 2.45) is 34.5 Å². The van der Waals surface area contributed by atoms with Gasteiger partial charge in [0.2, 0.25) is 0 Å². The van der Waals surface area contributed by atoms with E-state index in [9.17, 15) is 5.11 Å². The molecule has 2 N–H and O–H groups in total. The molecule has 134 valence electrons. The summed E-state index contributed by atoms with van der Waals surface area (Å²) in [6, 6.07) is 2.82. The lowest BCUT2D eigenvalue weighted by Gasteiger charge is -2.61. The van der Waals surface area contributed by atoms with Crippen LogP contribution in [0.3, 0.4) is 0 Å². The van der Waals surface area contributed by atoms with Crippen LogP contribution in [0.1, 0.15) is 71.6 Å². The lowest BCUT2D eigenvalue weighted by Crippen LogP contribution is -2.55. The zero-order chi connectivity index (χ0) is 16.9. The summed E-state index contributed by atoms with van der Waals surface area (Å²) in [7, 11) is 0. The van der Waals surface area contributed by atoms with Crippen molar-refractivity contribution in [3.05, 3.63) is 0 Å². The summed E-state index contributed by atoms with van der Waals surface area (Å²) in [6.07, 6.45) is 11.3. The van der Waals surface area contributed by atoms with Gasteiger partial charge in [-0.3, -0.25) is 0 Å². The zero-order valence-electron chi connectivity index (χ0n) is 15.4. The van der Waals surface area contributed by atoms with Gasteiger partial charge in [-0.2, -0.15) is 5.26 Å². The Bertz CT molecular complexity index is 528. The Morgan fingerprint density at radius 1 is 1.00 bits per heavy atom. The second kappa shape index (κ2) is 5.99. The smallest absolute Gasteiger partial charge is 0.0843 e. The second-order valence-electron chi connectivity index (χ2n) is 9.80. The Kier molecular flexibility index (Phi) is 4.21. The van der Waals surface area contributed by atoms with Crippen molar-refractivity contribution in [3.8, 4) is 6.07 Å². The van der Waals surface area contributed by atoms with Crippen LogP contribution in [0.5, 0.6) is 0 Å². The Morgan fingerprint density at radius 3 is 2.54 bits per heavy atom. The molecule has 0 aromatic heterocycles. The summed E-state index contributed by atoms with van der Waals surface area (Å²) >= 11 is 0. The van der Waals surface area contributed by atoms with Gasteiger partial charge in [0.15, 0.2) is 0 Å². The SMILES string of the molecule is C[C@]12CC[C@@H](O)C[C@@H]1CC[C@H]1[C@H]2CC[C@@]2(C)[C@@H]1CC[C@H]2NCC#N. The van der Waals surface area contributed by atoms with Crippen LogP contribution in [0.25, 0.3) is 0 Å². The number of aliphatic hydroxyl groups is 1. The molecule has 24 heavy (non-hydrogen) atoms.